The molecule has 4 aromatic rings. The van der Waals surface area contributed by atoms with Crippen molar-refractivity contribution in [3.05, 3.63) is 64.6 Å². The van der Waals surface area contributed by atoms with E-state index < -0.39 is 11.9 Å². The van der Waals surface area contributed by atoms with E-state index in [4.69, 9.17) is 4.84 Å². The third-order valence-corrected chi connectivity index (χ3v) is 5.31. The standard InChI is InChI=1S/C19H14F3N7OS/c1-11-8-16(19(20,21)22)25-18-26-17(27-29(11)18)24-13-2-4-14(5-3-13)30-28-7-6-15-12(10-28)9-23-31-15/h2-9H,10H2,1H3,(H,24,27). The van der Waals surface area contributed by atoms with Gasteiger partial charge in [-0.1, -0.05) is 0 Å². The molecule has 31 heavy (non-hydrogen) atoms. The second kappa shape index (κ2) is 7.23. The highest BCUT2D eigenvalue weighted by Gasteiger charge is 2.33. The van der Waals surface area contributed by atoms with Gasteiger partial charge in [-0.15, -0.1) is 5.10 Å². The summed E-state index contributed by atoms with van der Waals surface area (Å²) in [6.07, 6.45) is 1.06. The molecule has 0 atom stereocenters. The molecule has 1 N–H and O–H groups in total. The Hall–Kier alpha value is -3.67. The van der Waals surface area contributed by atoms with Gasteiger partial charge < -0.3 is 10.2 Å². The van der Waals surface area contributed by atoms with Crippen LogP contribution in [0.15, 0.2) is 42.7 Å². The van der Waals surface area contributed by atoms with Gasteiger partial charge in [0.25, 0.3) is 5.78 Å². The Balaban J connectivity index is 1.29. The number of nitrogens with one attached hydrogen (secondary N) is 1. The largest absolute Gasteiger partial charge is 0.433 e. The fraction of sp³-hybridized carbons (Fsp3) is 0.158. The lowest BCUT2D eigenvalue weighted by Gasteiger charge is -2.23. The van der Waals surface area contributed by atoms with Crippen molar-refractivity contribution in [2.75, 3.05) is 5.32 Å². The van der Waals surface area contributed by atoms with Crippen LogP contribution in [-0.4, -0.2) is 29.0 Å². The van der Waals surface area contributed by atoms with Crippen molar-refractivity contribution in [2.45, 2.75) is 19.6 Å². The van der Waals surface area contributed by atoms with Gasteiger partial charge in [-0.25, -0.2) is 14.4 Å². The quantitative estimate of drug-likeness (QED) is 0.498. The van der Waals surface area contributed by atoms with Gasteiger partial charge in [0.15, 0.2) is 5.75 Å². The van der Waals surface area contributed by atoms with Crippen LogP contribution in [-0.2, 0) is 12.7 Å². The number of rotatable bonds is 4. The Morgan fingerprint density at radius 1 is 1.16 bits per heavy atom. The molecule has 0 saturated heterocycles. The highest BCUT2D eigenvalue weighted by Crippen LogP contribution is 2.29. The van der Waals surface area contributed by atoms with E-state index >= 15 is 0 Å². The molecule has 158 valence electrons. The molecule has 12 heteroatoms. The molecule has 5 rings (SSSR count). The molecule has 0 bridgehead atoms. The van der Waals surface area contributed by atoms with E-state index in [2.05, 4.69) is 24.8 Å². The number of anilines is 2. The molecule has 1 aliphatic heterocycles. The van der Waals surface area contributed by atoms with Crippen molar-refractivity contribution in [1.82, 2.24) is 29.0 Å². The molecule has 3 aromatic heterocycles. The van der Waals surface area contributed by atoms with Crippen LogP contribution in [0.1, 0.15) is 21.8 Å². The second-order valence-corrected chi connectivity index (χ2v) is 7.61. The van der Waals surface area contributed by atoms with Crippen LogP contribution in [0.3, 0.4) is 0 Å². The number of hydrogen-bond acceptors (Lipinski definition) is 8. The normalized spacial score (nSPS) is 13.5. The van der Waals surface area contributed by atoms with Gasteiger partial charge in [0.2, 0.25) is 5.95 Å². The SMILES string of the molecule is Cc1cc(C(F)(F)F)nc2nc(Nc3ccc(ON4C=Cc5sncc5C4)cc3)nn12. The fourth-order valence-electron chi connectivity index (χ4n) is 3.03. The number of hydroxylamine groups is 2. The first kappa shape index (κ1) is 19.3. The molecule has 0 saturated carbocycles. The van der Waals surface area contributed by atoms with E-state index in [0.29, 0.717) is 18.0 Å². The molecule has 0 fully saturated rings. The maximum atomic E-state index is 13.0. The number of aryl methyl sites for hydroxylation is 1. The van der Waals surface area contributed by atoms with Crippen molar-refractivity contribution in [2.24, 2.45) is 0 Å². The Labute approximate surface area is 177 Å². The summed E-state index contributed by atoms with van der Waals surface area (Å²) >= 11 is 1.44. The lowest BCUT2D eigenvalue weighted by Crippen LogP contribution is -2.22. The van der Waals surface area contributed by atoms with Crippen LogP contribution in [0, 0.1) is 6.92 Å². The third kappa shape index (κ3) is 3.89. The van der Waals surface area contributed by atoms with E-state index in [1.165, 1.54) is 23.0 Å². The average molecular weight is 445 g/mol. The minimum Gasteiger partial charge on any atom is -0.380 e. The monoisotopic (exact) mass is 445 g/mol. The molecule has 0 radical (unpaired) electrons. The van der Waals surface area contributed by atoms with Crippen LogP contribution in [0.5, 0.6) is 5.75 Å². The van der Waals surface area contributed by atoms with Crippen molar-refractivity contribution in [3.63, 3.8) is 0 Å². The predicted molar refractivity (Wildman–Crippen MR) is 108 cm³/mol. The second-order valence-electron chi connectivity index (χ2n) is 6.77. The highest BCUT2D eigenvalue weighted by atomic mass is 32.1. The predicted octanol–water partition coefficient (Wildman–Crippen LogP) is 4.43. The van der Waals surface area contributed by atoms with E-state index in [-0.39, 0.29) is 17.4 Å². The lowest BCUT2D eigenvalue weighted by atomic mass is 10.2. The molecule has 0 amide bonds. The average Bonchev–Trinajstić information content (AvgIpc) is 3.35. The molecular weight excluding hydrogens is 431 g/mol. The summed E-state index contributed by atoms with van der Waals surface area (Å²) < 4.78 is 44.3. The molecule has 1 aromatic carbocycles. The van der Waals surface area contributed by atoms with Gasteiger partial charge in [-0.05, 0) is 54.9 Å². The maximum absolute atomic E-state index is 13.0. The topological polar surface area (TPSA) is 80.5 Å². The summed E-state index contributed by atoms with van der Waals surface area (Å²) in [6, 6.07) is 7.97. The smallest absolute Gasteiger partial charge is 0.380 e. The zero-order valence-electron chi connectivity index (χ0n) is 16.0. The first-order chi connectivity index (χ1) is 14.8. The van der Waals surface area contributed by atoms with Crippen LogP contribution in [0.4, 0.5) is 24.8 Å². The summed E-state index contributed by atoms with van der Waals surface area (Å²) in [7, 11) is 0. The van der Waals surface area contributed by atoms with Crippen LogP contribution in [0.2, 0.25) is 0 Å². The van der Waals surface area contributed by atoms with Gasteiger partial charge in [0.1, 0.15) is 5.69 Å². The van der Waals surface area contributed by atoms with Crippen LogP contribution >= 0.6 is 11.5 Å². The number of nitrogens with zero attached hydrogens (tertiary/aromatic N) is 6. The minimum atomic E-state index is -4.55. The van der Waals surface area contributed by atoms with Crippen LogP contribution < -0.4 is 10.2 Å². The number of alkyl halides is 3. The van der Waals surface area contributed by atoms with Crippen molar-refractivity contribution in [3.8, 4) is 5.75 Å². The summed E-state index contributed by atoms with van der Waals surface area (Å²) in [5.41, 5.74) is 1.02. The highest BCUT2D eigenvalue weighted by molar-refractivity contribution is 7.06. The molecular formula is C19H14F3N7OS. The molecule has 4 heterocycles. The van der Waals surface area contributed by atoms with E-state index in [0.717, 1.165) is 16.5 Å². The van der Waals surface area contributed by atoms with E-state index in [1.54, 1.807) is 29.3 Å². The molecule has 0 spiro atoms. The van der Waals surface area contributed by atoms with Crippen LogP contribution in [0.25, 0.3) is 11.9 Å². The molecule has 0 unspecified atom stereocenters. The summed E-state index contributed by atoms with van der Waals surface area (Å²) in [5, 5.41) is 8.84. The third-order valence-electron chi connectivity index (χ3n) is 4.51. The minimum absolute atomic E-state index is 0.131. The summed E-state index contributed by atoms with van der Waals surface area (Å²) in [4.78, 5) is 14.6. The lowest BCUT2D eigenvalue weighted by molar-refractivity contribution is -0.141. The zero-order chi connectivity index (χ0) is 21.6. The Bertz CT molecular complexity index is 1280. The Morgan fingerprint density at radius 3 is 2.74 bits per heavy atom. The van der Waals surface area contributed by atoms with Crippen molar-refractivity contribution < 1.29 is 18.0 Å². The van der Waals surface area contributed by atoms with E-state index in [9.17, 15) is 13.2 Å². The van der Waals surface area contributed by atoms with Gasteiger partial charge in [-0.2, -0.15) is 22.7 Å². The van der Waals surface area contributed by atoms with Gasteiger partial charge in [-0.3, -0.25) is 0 Å². The zero-order valence-corrected chi connectivity index (χ0v) is 16.8. The number of benzene rings is 1. The van der Waals surface area contributed by atoms with Gasteiger partial charge >= 0.3 is 6.18 Å². The van der Waals surface area contributed by atoms with Gasteiger partial charge in [0, 0.05) is 29.3 Å². The van der Waals surface area contributed by atoms with Gasteiger partial charge in [0.05, 0.1) is 11.4 Å². The Kier molecular flexibility index (Phi) is 4.50. The number of aromatic nitrogens is 5. The van der Waals surface area contributed by atoms with Crippen molar-refractivity contribution in [1.29, 1.82) is 0 Å². The number of halogens is 3. The fourth-order valence-corrected chi connectivity index (χ4v) is 3.68. The van der Waals surface area contributed by atoms with Crippen molar-refractivity contribution >= 4 is 35.0 Å². The molecule has 0 aliphatic carbocycles. The molecule has 1 aliphatic rings. The number of fused-ring (bicyclic) bond motifs is 2. The number of hydrogen-bond donors (Lipinski definition) is 1. The first-order valence-corrected chi connectivity index (χ1v) is 9.87. The summed E-state index contributed by atoms with van der Waals surface area (Å²) in [5.74, 6) is 0.631. The van der Waals surface area contributed by atoms with E-state index in [1.807, 2.05) is 18.5 Å². The molecule has 8 nitrogen and oxygen atoms in total. The Morgan fingerprint density at radius 2 is 1.97 bits per heavy atom. The maximum Gasteiger partial charge on any atom is 0.433 e. The first-order valence-electron chi connectivity index (χ1n) is 9.10. The summed E-state index contributed by atoms with van der Waals surface area (Å²) in [6.45, 7) is 2.11.